The van der Waals surface area contributed by atoms with Gasteiger partial charge in [0.2, 0.25) is 0 Å². The monoisotopic (exact) mass is 329 g/mol. The molecule has 0 aromatic heterocycles. The summed E-state index contributed by atoms with van der Waals surface area (Å²) in [7, 11) is 3.45. The van der Waals surface area contributed by atoms with Gasteiger partial charge < -0.3 is 14.4 Å². The zero-order chi connectivity index (χ0) is 17.5. The van der Waals surface area contributed by atoms with Crippen molar-refractivity contribution < 1.29 is 9.47 Å². The molecule has 132 valence electrons. The number of anilines is 1. The molecule has 0 radical (unpaired) electrons. The van der Waals surface area contributed by atoms with Gasteiger partial charge in [-0.25, -0.2) is 0 Å². The molecule has 1 aliphatic heterocycles. The van der Waals surface area contributed by atoms with Gasteiger partial charge in [-0.15, -0.1) is 0 Å². The summed E-state index contributed by atoms with van der Waals surface area (Å²) in [5.74, 6) is 0.872. The first kappa shape index (κ1) is 18.8. The van der Waals surface area contributed by atoms with Crippen molar-refractivity contribution >= 4 is 5.69 Å². The Bertz CT molecular complexity index is 537. The topological polar surface area (TPSA) is 21.7 Å². The molecule has 0 aliphatic carbocycles. The zero-order valence-corrected chi connectivity index (χ0v) is 15.5. The summed E-state index contributed by atoms with van der Waals surface area (Å²) in [5, 5.41) is 0. The number of allylic oxidation sites excluding steroid dienone is 3. The number of piperidine rings is 1. The third-order valence-corrected chi connectivity index (χ3v) is 5.22. The van der Waals surface area contributed by atoms with Crippen LogP contribution in [0.5, 0.6) is 0 Å². The van der Waals surface area contributed by atoms with Gasteiger partial charge in [-0.3, -0.25) is 0 Å². The Morgan fingerprint density at radius 1 is 1.17 bits per heavy atom. The fraction of sp³-hybridized carbons (Fsp3) is 0.524. The van der Waals surface area contributed by atoms with Crippen LogP contribution in [-0.4, -0.2) is 33.6 Å². The molecule has 0 saturated carbocycles. The highest BCUT2D eigenvalue weighted by molar-refractivity contribution is 5.49. The Morgan fingerprint density at radius 2 is 1.75 bits per heavy atom. The number of hydrogen-bond donors (Lipinski definition) is 0. The van der Waals surface area contributed by atoms with Gasteiger partial charge in [0.05, 0.1) is 0 Å². The fourth-order valence-electron chi connectivity index (χ4n) is 3.62. The summed E-state index contributed by atoms with van der Waals surface area (Å²) in [5.41, 5.74) is 3.91. The van der Waals surface area contributed by atoms with Crippen molar-refractivity contribution in [1.82, 2.24) is 0 Å². The Balaban J connectivity index is 1.99. The molecule has 0 spiro atoms. The van der Waals surface area contributed by atoms with Gasteiger partial charge in [-0.1, -0.05) is 37.8 Å². The minimum atomic E-state index is -0.0754. The van der Waals surface area contributed by atoms with E-state index in [1.807, 2.05) is 6.08 Å². The number of hydrogen-bond acceptors (Lipinski definition) is 3. The summed E-state index contributed by atoms with van der Waals surface area (Å²) in [4.78, 5) is 2.46. The maximum atomic E-state index is 5.41. The van der Waals surface area contributed by atoms with Crippen LogP contribution in [0.2, 0.25) is 0 Å². The van der Waals surface area contributed by atoms with E-state index in [2.05, 4.69) is 55.7 Å². The van der Waals surface area contributed by atoms with E-state index in [0.29, 0.717) is 11.8 Å². The first-order valence-electron chi connectivity index (χ1n) is 8.83. The molecule has 1 aliphatic rings. The van der Waals surface area contributed by atoms with E-state index in [4.69, 9.17) is 9.47 Å². The third kappa shape index (κ3) is 4.28. The smallest absolute Gasteiger partial charge is 0.159 e. The highest BCUT2D eigenvalue weighted by Crippen LogP contribution is 2.29. The molecule has 24 heavy (non-hydrogen) atoms. The van der Waals surface area contributed by atoms with E-state index in [1.54, 1.807) is 14.2 Å². The molecule has 1 aromatic rings. The number of nitrogens with zero attached hydrogens (tertiary/aromatic N) is 1. The highest BCUT2D eigenvalue weighted by atomic mass is 16.7. The summed E-state index contributed by atoms with van der Waals surface area (Å²) in [6.07, 6.45) is 6.21. The van der Waals surface area contributed by atoms with Gasteiger partial charge in [0.25, 0.3) is 0 Å². The SMILES string of the molecule is C=C/C(=C/C)[C@H](C)c1ccc(N2CCC(C(OC)OC)CC2)cc1. The maximum absolute atomic E-state index is 5.41. The number of benzene rings is 1. The van der Waals surface area contributed by atoms with Crippen molar-refractivity contribution in [2.24, 2.45) is 5.92 Å². The molecule has 1 saturated heterocycles. The van der Waals surface area contributed by atoms with E-state index in [1.165, 1.54) is 16.8 Å². The Kier molecular flexibility index (Phi) is 7.07. The molecule has 0 unspecified atom stereocenters. The molecule has 1 aromatic carbocycles. The van der Waals surface area contributed by atoms with Crippen molar-refractivity contribution in [1.29, 1.82) is 0 Å². The van der Waals surface area contributed by atoms with Crippen LogP contribution in [-0.2, 0) is 9.47 Å². The van der Waals surface area contributed by atoms with Crippen LogP contribution in [0.25, 0.3) is 0 Å². The lowest BCUT2D eigenvalue weighted by Crippen LogP contribution is -2.39. The van der Waals surface area contributed by atoms with Gasteiger partial charge in [-0.2, -0.15) is 0 Å². The highest BCUT2D eigenvalue weighted by Gasteiger charge is 2.26. The third-order valence-electron chi connectivity index (χ3n) is 5.22. The van der Waals surface area contributed by atoms with Crippen molar-refractivity contribution in [3.8, 4) is 0 Å². The fourth-order valence-corrected chi connectivity index (χ4v) is 3.62. The molecule has 1 heterocycles. The Labute approximate surface area is 147 Å². The summed E-state index contributed by atoms with van der Waals surface area (Å²) in [6.45, 7) is 10.3. The Hall–Kier alpha value is -1.58. The predicted molar refractivity (Wildman–Crippen MR) is 102 cm³/mol. The summed E-state index contributed by atoms with van der Waals surface area (Å²) in [6, 6.07) is 8.97. The van der Waals surface area contributed by atoms with Crippen molar-refractivity contribution in [3.63, 3.8) is 0 Å². The number of rotatable bonds is 7. The predicted octanol–water partition coefficient (Wildman–Crippen LogP) is 4.76. The molecule has 1 fully saturated rings. The second-order valence-electron chi connectivity index (χ2n) is 6.47. The quantitative estimate of drug-likeness (QED) is 0.532. The van der Waals surface area contributed by atoms with Crippen LogP contribution in [0, 0.1) is 5.92 Å². The van der Waals surface area contributed by atoms with Crippen LogP contribution in [0.1, 0.15) is 38.2 Å². The van der Waals surface area contributed by atoms with Gasteiger partial charge in [-0.05, 0) is 43.0 Å². The normalized spacial score (nSPS) is 18.0. The summed E-state index contributed by atoms with van der Waals surface area (Å²) >= 11 is 0. The zero-order valence-electron chi connectivity index (χ0n) is 15.5. The summed E-state index contributed by atoms with van der Waals surface area (Å²) < 4.78 is 10.8. The van der Waals surface area contributed by atoms with Crippen LogP contribution in [0.15, 0.2) is 48.6 Å². The molecule has 3 heteroatoms. The second kappa shape index (κ2) is 9.05. The Morgan fingerprint density at radius 3 is 2.21 bits per heavy atom. The van der Waals surface area contributed by atoms with Gasteiger partial charge in [0.15, 0.2) is 6.29 Å². The lowest BCUT2D eigenvalue weighted by atomic mass is 9.92. The van der Waals surface area contributed by atoms with Crippen LogP contribution < -0.4 is 4.90 Å². The van der Waals surface area contributed by atoms with Crippen LogP contribution >= 0.6 is 0 Å². The molecule has 0 N–H and O–H groups in total. The van der Waals surface area contributed by atoms with Crippen molar-refractivity contribution in [3.05, 3.63) is 54.1 Å². The van der Waals surface area contributed by atoms with Gasteiger partial charge >= 0.3 is 0 Å². The average molecular weight is 329 g/mol. The standard InChI is InChI=1S/C21H31NO2/c1-6-17(7-2)16(3)18-8-10-20(11-9-18)22-14-12-19(13-15-22)21(23-4)24-5/h6-11,16,19,21H,1,12-15H2,2-5H3/b17-7-/t16-/m0/s1. The number of methoxy groups -OCH3 is 2. The van der Waals surface area contributed by atoms with E-state index in [0.717, 1.165) is 25.9 Å². The minimum absolute atomic E-state index is 0.0754. The molecule has 3 nitrogen and oxygen atoms in total. The van der Waals surface area contributed by atoms with Crippen molar-refractivity contribution in [2.45, 2.75) is 38.9 Å². The van der Waals surface area contributed by atoms with Crippen LogP contribution in [0.3, 0.4) is 0 Å². The van der Waals surface area contributed by atoms with E-state index >= 15 is 0 Å². The minimum Gasteiger partial charge on any atom is -0.372 e. The number of ether oxygens (including phenoxy) is 2. The van der Waals surface area contributed by atoms with Gasteiger partial charge in [0, 0.05) is 44.8 Å². The van der Waals surface area contributed by atoms with E-state index < -0.39 is 0 Å². The molecule has 0 amide bonds. The largest absolute Gasteiger partial charge is 0.372 e. The van der Waals surface area contributed by atoms with Crippen molar-refractivity contribution in [2.75, 3.05) is 32.2 Å². The average Bonchev–Trinajstić information content (AvgIpc) is 2.64. The van der Waals surface area contributed by atoms with Gasteiger partial charge in [0.1, 0.15) is 0 Å². The molecule has 1 atom stereocenters. The van der Waals surface area contributed by atoms with E-state index in [9.17, 15) is 0 Å². The second-order valence-corrected chi connectivity index (χ2v) is 6.47. The molecule has 2 rings (SSSR count). The molecule has 0 bridgehead atoms. The first-order chi connectivity index (χ1) is 11.6. The lowest BCUT2D eigenvalue weighted by molar-refractivity contribution is -0.141. The first-order valence-corrected chi connectivity index (χ1v) is 8.83. The lowest BCUT2D eigenvalue weighted by Gasteiger charge is -2.36. The molecular weight excluding hydrogens is 298 g/mol. The maximum Gasteiger partial charge on any atom is 0.159 e. The van der Waals surface area contributed by atoms with Crippen LogP contribution in [0.4, 0.5) is 5.69 Å². The van der Waals surface area contributed by atoms with E-state index in [-0.39, 0.29) is 6.29 Å². The molecular formula is C21H31NO2.